The molecule has 1 aliphatic rings. The van der Waals surface area contributed by atoms with Crippen molar-refractivity contribution in [2.24, 2.45) is 11.7 Å². The molecule has 4 rings (SSSR count). The van der Waals surface area contributed by atoms with Crippen LogP contribution in [0.1, 0.15) is 24.0 Å². The van der Waals surface area contributed by atoms with E-state index >= 15 is 4.39 Å². The minimum absolute atomic E-state index is 0.0423. The maximum Gasteiger partial charge on any atom is 0.219 e. The smallest absolute Gasteiger partial charge is 0.219 e. The highest BCUT2D eigenvalue weighted by Crippen LogP contribution is 2.41. The Balaban J connectivity index is 1.71. The molecule has 1 heterocycles. The summed E-state index contributed by atoms with van der Waals surface area (Å²) in [4.78, 5) is 23.0. The normalized spacial score (nSPS) is 14.4. The third kappa shape index (κ3) is 5.42. The molecule has 0 spiro atoms. The van der Waals surface area contributed by atoms with Crippen LogP contribution in [0.25, 0.3) is 11.1 Å². The van der Waals surface area contributed by atoms with Gasteiger partial charge < -0.3 is 20.8 Å². The maximum absolute atomic E-state index is 15.7. The molecule has 35 heavy (non-hydrogen) atoms. The zero-order chi connectivity index (χ0) is 24.9. The summed E-state index contributed by atoms with van der Waals surface area (Å²) in [6.45, 7) is 3.89. The summed E-state index contributed by atoms with van der Waals surface area (Å²) < 4.78 is 15.7. The highest BCUT2D eigenvalue weighted by molar-refractivity contribution is 6.33. The van der Waals surface area contributed by atoms with Crippen LogP contribution in [0.5, 0.6) is 5.75 Å². The molecule has 8 heteroatoms. The number of nitrogens with zero attached hydrogens (tertiary/aromatic N) is 1. The highest BCUT2D eigenvalue weighted by atomic mass is 35.5. The number of nitrogens with one attached hydrogen (secondary N) is 1. The first kappa shape index (κ1) is 25.0. The first-order valence-corrected chi connectivity index (χ1v) is 11.9. The van der Waals surface area contributed by atoms with E-state index in [1.807, 2.05) is 42.5 Å². The van der Waals surface area contributed by atoms with Crippen molar-refractivity contribution in [3.8, 4) is 16.9 Å². The van der Waals surface area contributed by atoms with E-state index in [1.54, 1.807) is 24.0 Å². The van der Waals surface area contributed by atoms with E-state index in [1.165, 1.54) is 13.2 Å². The first-order valence-electron chi connectivity index (χ1n) is 11.5. The summed E-state index contributed by atoms with van der Waals surface area (Å²) in [5, 5.41) is 3.75. The largest absolute Gasteiger partial charge is 0.384 e. The third-order valence-corrected chi connectivity index (χ3v) is 6.69. The zero-order valence-electron chi connectivity index (χ0n) is 19.8. The van der Waals surface area contributed by atoms with Crippen LogP contribution in [0, 0.1) is 11.7 Å². The lowest BCUT2D eigenvalue weighted by atomic mass is 9.89. The van der Waals surface area contributed by atoms with Gasteiger partial charge in [-0.05, 0) is 35.4 Å². The molecule has 3 aromatic carbocycles. The molecule has 1 atom stereocenters. The lowest BCUT2D eigenvalue weighted by molar-refractivity contribution is -0.180. The monoisotopic (exact) mass is 497 g/mol. The summed E-state index contributed by atoms with van der Waals surface area (Å²) in [6.07, 6.45) is 0. The minimum Gasteiger partial charge on any atom is -0.384 e. The third-order valence-electron chi connectivity index (χ3n) is 6.36. The van der Waals surface area contributed by atoms with Crippen molar-refractivity contribution in [2.45, 2.75) is 12.8 Å². The van der Waals surface area contributed by atoms with Crippen molar-refractivity contribution in [1.29, 1.82) is 0 Å². The van der Waals surface area contributed by atoms with Crippen molar-refractivity contribution in [3.63, 3.8) is 0 Å². The second-order valence-corrected chi connectivity index (χ2v) is 9.07. The number of rotatable bonds is 9. The summed E-state index contributed by atoms with van der Waals surface area (Å²) in [5.74, 6) is -0.354. The van der Waals surface area contributed by atoms with Crippen LogP contribution < -0.4 is 15.9 Å². The molecule has 1 unspecified atom stereocenters. The number of hydrogen-bond donors (Lipinski definition) is 2. The van der Waals surface area contributed by atoms with E-state index in [4.69, 9.17) is 27.1 Å². The Kier molecular flexibility index (Phi) is 7.90. The lowest BCUT2D eigenvalue weighted by Crippen LogP contribution is -2.51. The molecule has 6 nitrogen and oxygen atoms in total. The second-order valence-electron chi connectivity index (χ2n) is 8.66. The van der Waals surface area contributed by atoms with Gasteiger partial charge in [-0.3, -0.25) is 4.79 Å². The van der Waals surface area contributed by atoms with Gasteiger partial charge in [0.1, 0.15) is 0 Å². The van der Waals surface area contributed by atoms with Gasteiger partial charge in [0.25, 0.3) is 0 Å². The number of likely N-dealkylation sites (tertiary alicyclic amines) is 1. The van der Waals surface area contributed by atoms with E-state index in [0.717, 1.165) is 11.1 Å². The van der Waals surface area contributed by atoms with Crippen LogP contribution in [0.4, 0.5) is 10.1 Å². The molecular weight excluding hydrogens is 469 g/mol. The van der Waals surface area contributed by atoms with Gasteiger partial charge in [0.15, 0.2) is 5.82 Å². The van der Waals surface area contributed by atoms with Crippen LogP contribution in [-0.2, 0) is 9.68 Å². The van der Waals surface area contributed by atoms with Crippen molar-refractivity contribution in [1.82, 2.24) is 4.90 Å². The summed E-state index contributed by atoms with van der Waals surface area (Å²) in [6, 6.07) is 18.8. The molecule has 3 aromatic rings. The quantitative estimate of drug-likeness (QED) is 0.319. The fourth-order valence-corrected chi connectivity index (χ4v) is 4.65. The molecule has 0 bridgehead atoms. The van der Waals surface area contributed by atoms with Crippen LogP contribution in [-0.4, -0.2) is 44.1 Å². The van der Waals surface area contributed by atoms with E-state index in [2.05, 4.69) is 5.32 Å². The number of carbonyl (C=O) groups is 1. The standard InChI is InChI=1S/C27H29ClFN3O3/c1-17(33)32-15-18(16-32)14-31-24-10-11-25(35-34-2)27(29)26(24)21-12-20(8-9-23(21)28)22(13-30)19-6-4-3-5-7-19/h3-12,18,22,31H,13-16,30H2,1-2H3. The maximum atomic E-state index is 15.7. The average Bonchev–Trinajstić information content (AvgIpc) is 2.82. The number of halogens is 2. The van der Waals surface area contributed by atoms with Crippen LogP contribution in [0.2, 0.25) is 5.02 Å². The van der Waals surface area contributed by atoms with Crippen molar-refractivity contribution >= 4 is 23.2 Å². The van der Waals surface area contributed by atoms with Gasteiger partial charge in [-0.1, -0.05) is 48.0 Å². The van der Waals surface area contributed by atoms with Crippen molar-refractivity contribution in [2.75, 3.05) is 38.6 Å². The Hall–Kier alpha value is -3.13. The van der Waals surface area contributed by atoms with Gasteiger partial charge >= 0.3 is 0 Å². The molecule has 0 aromatic heterocycles. The summed E-state index contributed by atoms with van der Waals surface area (Å²) >= 11 is 6.61. The molecule has 0 saturated carbocycles. The van der Waals surface area contributed by atoms with Gasteiger partial charge in [-0.25, -0.2) is 4.39 Å². The van der Waals surface area contributed by atoms with Gasteiger partial charge in [-0.15, -0.1) is 0 Å². The topological polar surface area (TPSA) is 76.8 Å². The molecule has 1 fully saturated rings. The summed E-state index contributed by atoms with van der Waals surface area (Å²) in [7, 11) is 1.32. The average molecular weight is 498 g/mol. The van der Waals surface area contributed by atoms with Crippen LogP contribution in [0.15, 0.2) is 60.7 Å². The van der Waals surface area contributed by atoms with Gasteiger partial charge in [-0.2, -0.15) is 4.89 Å². The number of nitrogens with two attached hydrogens (primary N) is 1. The van der Waals surface area contributed by atoms with E-state index in [-0.39, 0.29) is 29.1 Å². The predicted octanol–water partition coefficient (Wildman–Crippen LogP) is 5.07. The van der Waals surface area contributed by atoms with Crippen LogP contribution >= 0.6 is 11.6 Å². The Labute approximate surface area is 209 Å². The fraction of sp³-hybridized carbons (Fsp3) is 0.296. The minimum atomic E-state index is -0.584. The van der Waals surface area contributed by atoms with Crippen molar-refractivity contribution in [3.05, 3.63) is 82.6 Å². The molecule has 0 radical (unpaired) electrons. The lowest BCUT2D eigenvalue weighted by Gasteiger charge is -2.39. The van der Waals surface area contributed by atoms with Crippen LogP contribution in [0.3, 0.4) is 0 Å². The molecular formula is C27H29ClFN3O3. The number of hydrogen-bond acceptors (Lipinski definition) is 5. The van der Waals surface area contributed by atoms with Gasteiger partial charge in [0, 0.05) is 66.8 Å². The highest BCUT2D eigenvalue weighted by Gasteiger charge is 2.29. The van der Waals surface area contributed by atoms with Gasteiger partial charge in [0.2, 0.25) is 11.7 Å². The molecule has 3 N–H and O–H groups in total. The Morgan fingerprint density at radius 3 is 2.57 bits per heavy atom. The Morgan fingerprint density at radius 2 is 1.91 bits per heavy atom. The number of amides is 1. The number of anilines is 1. The predicted molar refractivity (Wildman–Crippen MR) is 136 cm³/mol. The summed E-state index contributed by atoms with van der Waals surface area (Å²) in [5.41, 5.74) is 9.53. The number of carbonyl (C=O) groups excluding carboxylic acids is 1. The molecule has 0 aliphatic carbocycles. The van der Waals surface area contributed by atoms with Crippen molar-refractivity contribution < 1.29 is 19.0 Å². The Bertz CT molecular complexity index is 1190. The first-order chi connectivity index (χ1) is 16.9. The van der Waals surface area contributed by atoms with E-state index in [0.29, 0.717) is 42.5 Å². The van der Waals surface area contributed by atoms with Gasteiger partial charge in [0.05, 0.1) is 7.11 Å². The molecule has 184 valence electrons. The molecule has 1 amide bonds. The second kappa shape index (κ2) is 11.1. The SMILES string of the molecule is COOc1ccc(NCC2CN(C(C)=O)C2)c(-c2cc(C(CN)c3ccccc3)ccc2Cl)c1F. The molecule has 1 saturated heterocycles. The molecule has 1 aliphatic heterocycles. The van der Waals surface area contributed by atoms with E-state index in [9.17, 15) is 4.79 Å². The number of benzene rings is 3. The Morgan fingerprint density at radius 1 is 1.17 bits per heavy atom. The fourth-order valence-electron chi connectivity index (χ4n) is 4.43. The van der Waals surface area contributed by atoms with E-state index < -0.39 is 5.82 Å². The zero-order valence-corrected chi connectivity index (χ0v) is 20.5.